The molecule has 0 fully saturated rings. The Hall–Kier alpha value is -3.43. The zero-order valence-electron chi connectivity index (χ0n) is 17.0. The van der Waals surface area contributed by atoms with Crippen LogP contribution in [0, 0.1) is 18.3 Å². The number of nitrogens with one attached hydrogen (secondary N) is 1. The van der Waals surface area contributed by atoms with Gasteiger partial charge in [-0.1, -0.05) is 43.2 Å². The second kappa shape index (κ2) is 10.4. The van der Waals surface area contributed by atoms with Gasteiger partial charge in [0.1, 0.15) is 16.6 Å². The molecule has 0 radical (unpaired) electrons. The van der Waals surface area contributed by atoms with Crippen molar-refractivity contribution >= 4 is 28.6 Å². The Labute approximate surface area is 180 Å². The van der Waals surface area contributed by atoms with Crippen molar-refractivity contribution in [3.05, 3.63) is 76.2 Å². The van der Waals surface area contributed by atoms with E-state index in [0.717, 1.165) is 29.8 Å². The molecule has 0 saturated carbocycles. The number of nitriles is 1. The van der Waals surface area contributed by atoms with Crippen LogP contribution in [0.1, 0.15) is 40.7 Å². The molecule has 0 aliphatic heterocycles. The number of thiazole rings is 1. The Balaban J connectivity index is 1.66. The summed E-state index contributed by atoms with van der Waals surface area (Å²) in [5.41, 5.74) is 4.78. The number of carbonyl (C=O) groups is 1. The van der Waals surface area contributed by atoms with Crippen LogP contribution in [0.25, 0.3) is 16.8 Å². The molecule has 2 aromatic carbocycles. The summed E-state index contributed by atoms with van der Waals surface area (Å²) in [5, 5.41) is 15.2. The minimum atomic E-state index is -0.324. The molecule has 3 rings (SSSR count). The minimum absolute atomic E-state index is 0.324. The zero-order chi connectivity index (χ0) is 21.3. The second-order valence-corrected chi connectivity index (χ2v) is 7.64. The molecule has 3 aromatic rings. The molecule has 6 heteroatoms. The number of benzene rings is 2. The van der Waals surface area contributed by atoms with E-state index in [0.29, 0.717) is 22.8 Å². The summed E-state index contributed by atoms with van der Waals surface area (Å²) in [6.07, 6.45) is 3.47. The Kier molecular flexibility index (Phi) is 7.36. The highest BCUT2D eigenvalue weighted by Gasteiger charge is 2.10. The fraction of sp³-hybridized carbons (Fsp3) is 0.208. The van der Waals surface area contributed by atoms with Crippen LogP contribution in [0.2, 0.25) is 0 Å². The predicted molar refractivity (Wildman–Crippen MR) is 121 cm³/mol. The van der Waals surface area contributed by atoms with Crippen LogP contribution in [0.3, 0.4) is 0 Å². The van der Waals surface area contributed by atoms with Gasteiger partial charge in [0, 0.05) is 22.8 Å². The van der Waals surface area contributed by atoms with Crippen molar-refractivity contribution in [1.82, 2.24) is 4.98 Å². The van der Waals surface area contributed by atoms with E-state index in [-0.39, 0.29) is 5.97 Å². The lowest BCUT2D eigenvalue weighted by Gasteiger charge is -2.05. The van der Waals surface area contributed by atoms with E-state index >= 15 is 0 Å². The van der Waals surface area contributed by atoms with Gasteiger partial charge in [-0.25, -0.2) is 9.78 Å². The topological polar surface area (TPSA) is 75.0 Å². The lowest BCUT2D eigenvalue weighted by Crippen LogP contribution is -2.06. The van der Waals surface area contributed by atoms with Gasteiger partial charge in [-0.15, -0.1) is 11.3 Å². The van der Waals surface area contributed by atoms with Gasteiger partial charge in [-0.2, -0.15) is 5.26 Å². The molecule has 152 valence electrons. The fourth-order valence-electron chi connectivity index (χ4n) is 2.65. The number of anilines is 1. The summed E-state index contributed by atoms with van der Waals surface area (Å²) in [6, 6.07) is 17.3. The van der Waals surface area contributed by atoms with E-state index in [1.807, 2.05) is 43.5 Å². The van der Waals surface area contributed by atoms with Crippen LogP contribution in [0.5, 0.6) is 0 Å². The SMILES string of the molecule is CCCCOC(=O)c1ccc(N/C=C(\C#N)c2nc(-c3ccc(C)cc3)cs2)cc1. The van der Waals surface area contributed by atoms with Gasteiger partial charge in [-0.3, -0.25) is 0 Å². The summed E-state index contributed by atoms with van der Waals surface area (Å²) >= 11 is 1.43. The smallest absolute Gasteiger partial charge is 0.338 e. The summed E-state index contributed by atoms with van der Waals surface area (Å²) < 4.78 is 5.21. The fourth-order valence-corrected chi connectivity index (χ4v) is 3.44. The van der Waals surface area contributed by atoms with Gasteiger partial charge in [0.2, 0.25) is 0 Å². The average Bonchev–Trinajstić information content (AvgIpc) is 3.25. The number of rotatable bonds is 8. The molecule has 0 aliphatic rings. The van der Waals surface area contributed by atoms with E-state index < -0.39 is 0 Å². The first-order valence-electron chi connectivity index (χ1n) is 9.77. The lowest BCUT2D eigenvalue weighted by atomic mass is 10.1. The maximum Gasteiger partial charge on any atom is 0.338 e. The molecule has 1 heterocycles. The number of carbonyl (C=O) groups excluding carboxylic acids is 1. The number of ether oxygens (including phenoxy) is 1. The van der Waals surface area contributed by atoms with E-state index in [2.05, 4.69) is 16.4 Å². The molecule has 1 N–H and O–H groups in total. The summed E-state index contributed by atoms with van der Waals surface area (Å²) in [7, 11) is 0. The van der Waals surface area contributed by atoms with Gasteiger partial charge < -0.3 is 10.1 Å². The van der Waals surface area contributed by atoms with Gasteiger partial charge in [0.25, 0.3) is 0 Å². The second-order valence-electron chi connectivity index (χ2n) is 6.78. The van der Waals surface area contributed by atoms with Crippen molar-refractivity contribution in [1.29, 1.82) is 5.26 Å². The molecule has 0 unspecified atom stereocenters. The number of hydrogen-bond donors (Lipinski definition) is 1. The number of hydrogen-bond acceptors (Lipinski definition) is 6. The molecular weight excluding hydrogens is 394 g/mol. The summed E-state index contributed by atoms with van der Waals surface area (Å²) in [4.78, 5) is 16.6. The quantitative estimate of drug-likeness (QED) is 0.274. The van der Waals surface area contributed by atoms with Crippen LogP contribution >= 0.6 is 11.3 Å². The monoisotopic (exact) mass is 417 g/mol. The van der Waals surface area contributed by atoms with Crippen molar-refractivity contribution in [2.24, 2.45) is 0 Å². The number of nitrogens with zero attached hydrogens (tertiary/aromatic N) is 2. The number of aryl methyl sites for hydroxylation is 1. The maximum absolute atomic E-state index is 12.0. The van der Waals surface area contributed by atoms with E-state index in [9.17, 15) is 10.1 Å². The number of esters is 1. The average molecular weight is 418 g/mol. The molecule has 1 aromatic heterocycles. The maximum atomic E-state index is 12.0. The Morgan fingerprint density at radius 3 is 2.60 bits per heavy atom. The number of allylic oxidation sites excluding steroid dienone is 1. The zero-order valence-corrected chi connectivity index (χ0v) is 17.8. The van der Waals surface area contributed by atoms with E-state index in [1.165, 1.54) is 16.9 Å². The molecular formula is C24H23N3O2S. The van der Waals surface area contributed by atoms with Crippen LogP contribution in [0.4, 0.5) is 5.69 Å². The molecule has 0 amide bonds. The van der Waals surface area contributed by atoms with Crippen LogP contribution in [-0.4, -0.2) is 17.6 Å². The molecule has 5 nitrogen and oxygen atoms in total. The number of aromatic nitrogens is 1. The molecule has 0 saturated heterocycles. The molecule has 0 bridgehead atoms. The minimum Gasteiger partial charge on any atom is -0.462 e. The normalized spacial score (nSPS) is 11.0. The van der Waals surface area contributed by atoms with Crippen molar-refractivity contribution in [3.63, 3.8) is 0 Å². The molecule has 30 heavy (non-hydrogen) atoms. The summed E-state index contributed by atoms with van der Waals surface area (Å²) in [5.74, 6) is -0.324. The van der Waals surface area contributed by atoms with Crippen LogP contribution in [0.15, 0.2) is 60.1 Å². The van der Waals surface area contributed by atoms with Crippen LogP contribution in [-0.2, 0) is 4.74 Å². The van der Waals surface area contributed by atoms with Crippen molar-refractivity contribution in [2.45, 2.75) is 26.7 Å². The van der Waals surface area contributed by atoms with E-state index in [1.54, 1.807) is 30.5 Å². The molecule has 0 spiro atoms. The summed E-state index contributed by atoms with van der Waals surface area (Å²) in [6.45, 7) is 4.52. The van der Waals surface area contributed by atoms with Gasteiger partial charge in [0.15, 0.2) is 0 Å². The first-order chi connectivity index (χ1) is 14.6. The Morgan fingerprint density at radius 2 is 1.93 bits per heavy atom. The number of unbranched alkanes of at least 4 members (excludes halogenated alkanes) is 1. The highest BCUT2D eigenvalue weighted by atomic mass is 32.1. The third-order valence-corrected chi connectivity index (χ3v) is 5.31. The van der Waals surface area contributed by atoms with Crippen LogP contribution < -0.4 is 5.32 Å². The molecule has 0 atom stereocenters. The third kappa shape index (κ3) is 5.56. The first-order valence-corrected chi connectivity index (χ1v) is 10.7. The highest BCUT2D eigenvalue weighted by Crippen LogP contribution is 2.26. The standard InChI is InChI=1S/C24H23N3O2S/c1-3-4-13-29-24(28)19-9-11-21(12-10-19)26-15-20(14-25)23-27-22(16-30-23)18-7-5-17(2)6-8-18/h5-12,15-16,26H,3-4,13H2,1-2H3/b20-15+. The first kappa shape index (κ1) is 21.3. The van der Waals surface area contributed by atoms with Gasteiger partial charge >= 0.3 is 5.97 Å². The predicted octanol–water partition coefficient (Wildman–Crippen LogP) is 6.05. The van der Waals surface area contributed by atoms with Crippen molar-refractivity contribution in [2.75, 3.05) is 11.9 Å². The Bertz CT molecular complexity index is 1060. The highest BCUT2D eigenvalue weighted by molar-refractivity contribution is 7.11. The van der Waals surface area contributed by atoms with Gasteiger partial charge in [0.05, 0.1) is 17.9 Å². The van der Waals surface area contributed by atoms with E-state index in [4.69, 9.17) is 4.74 Å². The molecule has 0 aliphatic carbocycles. The lowest BCUT2D eigenvalue weighted by molar-refractivity contribution is 0.0500. The van der Waals surface area contributed by atoms with Crippen molar-refractivity contribution in [3.8, 4) is 17.3 Å². The largest absolute Gasteiger partial charge is 0.462 e. The Morgan fingerprint density at radius 1 is 1.20 bits per heavy atom. The van der Waals surface area contributed by atoms with Gasteiger partial charge in [-0.05, 0) is 37.6 Å². The third-order valence-electron chi connectivity index (χ3n) is 4.44. The van der Waals surface area contributed by atoms with Crippen molar-refractivity contribution < 1.29 is 9.53 Å².